The van der Waals surface area contributed by atoms with Gasteiger partial charge in [-0.1, -0.05) is 0 Å². The van der Waals surface area contributed by atoms with E-state index in [9.17, 15) is 24.0 Å². The molecule has 0 atom stereocenters. The predicted molar refractivity (Wildman–Crippen MR) is 139 cm³/mol. The molecule has 14 heteroatoms. The van der Waals surface area contributed by atoms with Crippen LogP contribution < -0.4 is 21.3 Å². The molecule has 0 aliphatic carbocycles. The summed E-state index contributed by atoms with van der Waals surface area (Å²) < 4.78 is 13.0. The zero-order chi connectivity index (χ0) is 28.5. The maximum Gasteiger partial charge on any atom is 0.407 e. The van der Waals surface area contributed by atoms with E-state index in [1.54, 1.807) is 48.0 Å². The van der Waals surface area contributed by atoms with Crippen molar-refractivity contribution in [2.45, 2.75) is 52.6 Å². The van der Waals surface area contributed by atoms with Gasteiger partial charge >= 0.3 is 12.1 Å². The molecule has 0 saturated heterocycles. The average molecular weight is 534 g/mol. The number of amides is 4. The number of hydrogen-bond donors (Lipinski definition) is 4. The molecule has 0 aliphatic rings. The number of rotatable bonds is 11. The molecule has 0 spiro atoms. The molecule has 4 N–H and O–H groups in total. The quantitative estimate of drug-likeness (QED) is 0.318. The zero-order valence-electron chi connectivity index (χ0n) is 22.5. The summed E-state index contributed by atoms with van der Waals surface area (Å²) >= 11 is 0. The van der Waals surface area contributed by atoms with Crippen molar-refractivity contribution < 1.29 is 33.4 Å². The molecule has 0 fully saturated rings. The van der Waals surface area contributed by atoms with Crippen molar-refractivity contribution in [1.29, 1.82) is 0 Å². The summed E-state index contributed by atoms with van der Waals surface area (Å²) in [6, 6.07) is 1.50. The van der Waals surface area contributed by atoms with Crippen molar-refractivity contribution in [2.75, 3.05) is 29.1 Å². The Bertz CT molecular complexity index is 1180. The summed E-state index contributed by atoms with van der Waals surface area (Å²) in [4.78, 5) is 64.4. The van der Waals surface area contributed by atoms with E-state index < -0.39 is 29.5 Å². The first-order valence-corrected chi connectivity index (χ1v) is 12.0. The number of carbonyl (C=O) groups is 5. The molecule has 2 heterocycles. The van der Waals surface area contributed by atoms with Crippen LogP contribution in [-0.2, 0) is 38.0 Å². The highest BCUT2D eigenvalue weighted by molar-refractivity contribution is 6.04. The molecule has 2 rings (SSSR count). The van der Waals surface area contributed by atoms with E-state index in [-0.39, 0.29) is 55.8 Å². The van der Waals surface area contributed by atoms with Crippen LogP contribution in [0.15, 0.2) is 18.5 Å². The number of hydrogen-bond acceptors (Lipinski definition) is 8. The lowest BCUT2D eigenvalue weighted by molar-refractivity contribution is -0.144. The number of aryl methyl sites for hydroxylation is 2. The summed E-state index contributed by atoms with van der Waals surface area (Å²) in [5.41, 5.74) is 0.0112. The van der Waals surface area contributed by atoms with Crippen LogP contribution in [0.2, 0.25) is 0 Å². The fourth-order valence-corrected chi connectivity index (χ4v) is 3.13. The Morgan fingerprint density at radius 3 is 2.26 bits per heavy atom. The van der Waals surface area contributed by atoms with Gasteiger partial charge in [0.05, 0.1) is 18.7 Å². The largest absolute Gasteiger partial charge is 0.466 e. The summed E-state index contributed by atoms with van der Waals surface area (Å²) in [6.07, 6.45) is 2.36. The monoisotopic (exact) mass is 533 g/mol. The molecule has 0 radical (unpaired) electrons. The van der Waals surface area contributed by atoms with Gasteiger partial charge in [0.15, 0.2) is 5.82 Å². The number of imidazole rings is 1. The Morgan fingerprint density at radius 2 is 1.61 bits per heavy atom. The second-order valence-corrected chi connectivity index (χ2v) is 9.32. The van der Waals surface area contributed by atoms with Crippen molar-refractivity contribution in [3.63, 3.8) is 0 Å². The second kappa shape index (κ2) is 13.3. The number of aromatic nitrogens is 3. The maximum absolute atomic E-state index is 12.8. The highest BCUT2D eigenvalue weighted by atomic mass is 16.6. The van der Waals surface area contributed by atoms with Crippen LogP contribution >= 0.6 is 0 Å². The van der Waals surface area contributed by atoms with Gasteiger partial charge in [0.25, 0.3) is 5.91 Å². The van der Waals surface area contributed by atoms with Crippen molar-refractivity contribution in [3.8, 4) is 0 Å². The molecule has 14 nitrogen and oxygen atoms in total. The lowest BCUT2D eigenvalue weighted by Gasteiger charge is -2.19. The van der Waals surface area contributed by atoms with E-state index in [0.29, 0.717) is 5.69 Å². The third kappa shape index (κ3) is 9.95. The Balaban J connectivity index is 1.88. The van der Waals surface area contributed by atoms with Gasteiger partial charge in [0.1, 0.15) is 11.3 Å². The van der Waals surface area contributed by atoms with Gasteiger partial charge in [-0.05, 0) is 33.8 Å². The molecule has 4 amide bonds. The van der Waals surface area contributed by atoms with Crippen molar-refractivity contribution in [3.05, 3.63) is 24.2 Å². The van der Waals surface area contributed by atoms with Crippen LogP contribution in [0.4, 0.5) is 22.2 Å². The van der Waals surface area contributed by atoms with Crippen molar-refractivity contribution in [1.82, 2.24) is 19.4 Å². The van der Waals surface area contributed by atoms with Crippen LogP contribution in [0.25, 0.3) is 0 Å². The minimum absolute atomic E-state index is 0.0118. The molecule has 2 aromatic rings. The minimum Gasteiger partial charge on any atom is -0.466 e. The molecule has 0 bridgehead atoms. The first kappa shape index (κ1) is 29.9. The SMILES string of the molecule is CCOC(=O)CCC(=O)Nc1nc(NC(=O)c2cc(NC(=O)CCNC(=O)OC(C)(C)C)cn2C)cn1C. The van der Waals surface area contributed by atoms with Gasteiger partial charge in [-0.3, -0.25) is 24.5 Å². The van der Waals surface area contributed by atoms with E-state index >= 15 is 0 Å². The first-order chi connectivity index (χ1) is 17.8. The van der Waals surface area contributed by atoms with Gasteiger partial charge in [-0.15, -0.1) is 0 Å². The smallest absolute Gasteiger partial charge is 0.407 e. The zero-order valence-corrected chi connectivity index (χ0v) is 22.5. The molecule has 0 aliphatic heterocycles. The molecule has 0 saturated carbocycles. The molecule has 0 unspecified atom stereocenters. The molecule has 0 aromatic carbocycles. The Hall–Kier alpha value is -4.36. The van der Waals surface area contributed by atoms with Gasteiger partial charge in [0.2, 0.25) is 17.8 Å². The first-order valence-electron chi connectivity index (χ1n) is 12.0. The molecule has 38 heavy (non-hydrogen) atoms. The van der Waals surface area contributed by atoms with Gasteiger partial charge in [-0.25, -0.2) is 4.79 Å². The fraction of sp³-hybridized carbons (Fsp3) is 0.500. The number of nitrogens with one attached hydrogen (secondary N) is 4. The highest BCUT2D eigenvalue weighted by Crippen LogP contribution is 2.17. The Labute approximate surface area is 220 Å². The normalized spacial score (nSPS) is 10.9. The van der Waals surface area contributed by atoms with E-state index in [1.165, 1.54) is 21.4 Å². The van der Waals surface area contributed by atoms with Gasteiger partial charge in [-0.2, -0.15) is 4.98 Å². The van der Waals surface area contributed by atoms with Crippen LogP contribution in [-0.4, -0.2) is 62.7 Å². The number of nitrogens with zero attached hydrogens (tertiary/aromatic N) is 3. The Morgan fingerprint density at radius 1 is 0.921 bits per heavy atom. The number of carbonyl (C=O) groups excluding carboxylic acids is 5. The summed E-state index contributed by atoms with van der Waals surface area (Å²) in [5.74, 6) is -1.35. The second-order valence-electron chi connectivity index (χ2n) is 9.32. The highest BCUT2D eigenvalue weighted by Gasteiger charge is 2.18. The van der Waals surface area contributed by atoms with Crippen LogP contribution in [0.3, 0.4) is 0 Å². The number of alkyl carbamates (subject to hydrolysis) is 1. The van der Waals surface area contributed by atoms with E-state index in [0.717, 1.165) is 0 Å². The topological polar surface area (TPSA) is 175 Å². The summed E-state index contributed by atoms with van der Waals surface area (Å²) in [7, 11) is 3.28. The molecular weight excluding hydrogens is 498 g/mol. The van der Waals surface area contributed by atoms with E-state index in [2.05, 4.69) is 26.3 Å². The Kier molecular flexibility index (Phi) is 10.4. The lowest BCUT2D eigenvalue weighted by atomic mass is 10.2. The fourth-order valence-electron chi connectivity index (χ4n) is 3.13. The predicted octanol–water partition coefficient (Wildman–Crippen LogP) is 2.15. The third-order valence-electron chi connectivity index (χ3n) is 4.77. The van der Waals surface area contributed by atoms with Gasteiger partial charge < -0.3 is 34.6 Å². The summed E-state index contributed by atoms with van der Waals surface area (Å²) in [5, 5.41) is 10.4. The number of anilines is 3. The van der Waals surface area contributed by atoms with Crippen LogP contribution in [0.1, 0.15) is 57.4 Å². The lowest BCUT2D eigenvalue weighted by Crippen LogP contribution is -2.34. The average Bonchev–Trinajstić information content (AvgIpc) is 3.32. The number of ether oxygens (including phenoxy) is 2. The van der Waals surface area contributed by atoms with Crippen molar-refractivity contribution in [2.24, 2.45) is 14.1 Å². The van der Waals surface area contributed by atoms with Gasteiger partial charge in [0, 0.05) is 45.9 Å². The molecular formula is C24H35N7O7. The van der Waals surface area contributed by atoms with Crippen LogP contribution in [0.5, 0.6) is 0 Å². The maximum atomic E-state index is 12.8. The van der Waals surface area contributed by atoms with E-state index in [4.69, 9.17) is 9.47 Å². The molecule has 2 aromatic heterocycles. The third-order valence-corrected chi connectivity index (χ3v) is 4.77. The standard InChI is InChI=1S/C24H35N7O7/c1-7-37-20(34)9-8-18(32)29-22-28-17(14-31(22)6)27-21(35)16-12-15(13-30(16)5)26-19(33)10-11-25-23(36)38-24(2,3)4/h12-14H,7-11H2,1-6H3,(H,25,36)(H,26,33)(H,27,35)(H,28,29,32). The van der Waals surface area contributed by atoms with Crippen molar-refractivity contribution >= 4 is 47.2 Å². The number of esters is 1. The minimum atomic E-state index is -0.635. The van der Waals surface area contributed by atoms with Crippen LogP contribution in [0, 0.1) is 0 Å². The molecule has 208 valence electrons. The summed E-state index contributed by atoms with van der Waals surface area (Å²) in [6.45, 7) is 7.23. The van der Waals surface area contributed by atoms with E-state index in [1.807, 2.05) is 0 Å².